The van der Waals surface area contributed by atoms with Gasteiger partial charge >= 0.3 is 0 Å². The number of aliphatic hydroxyl groups excluding tert-OH is 1. The monoisotopic (exact) mass is 247 g/mol. The Morgan fingerprint density at radius 2 is 2.11 bits per heavy atom. The van der Waals surface area contributed by atoms with Crippen molar-refractivity contribution in [2.24, 2.45) is 0 Å². The van der Waals surface area contributed by atoms with E-state index in [2.05, 4.69) is 10.3 Å². The molecule has 0 fully saturated rings. The Kier molecular flexibility index (Phi) is 4.44. The zero-order valence-electron chi connectivity index (χ0n) is 10.4. The molecular formula is C13H17N3O2. The number of nitrogens with zero attached hydrogens (tertiary/aromatic N) is 3. The Morgan fingerprint density at radius 3 is 2.83 bits per heavy atom. The van der Waals surface area contributed by atoms with Gasteiger partial charge in [0.15, 0.2) is 0 Å². The highest BCUT2D eigenvalue weighted by molar-refractivity contribution is 5.14. The molecule has 2 rings (SSSR count). The van der Waals surface area contributed by atoms with Crippen LogP contribution in [0.15, 0.2) is 36.5 Å². The second-order valence-corrected chi connectivity index (χ2v) is 4.21. The molecule has 0 radical (unpaired) electrons. The van der Waals surface area contributed by atoms with E-state index in [-0.39, 0.29) is 0 Å². The van der Waals surface area contributed by atoms with Gasteiger partial charge in [-0.05, 0) is 5.56 Å². The summed E-state index contributed by atoms with van der Waals surface area (Å²) in [6.07, 6.45) is 1.78. The first kappa shape index (κ1) is 12.7. The molecule has 0 aliphatic heterocycles. The summed E-state index contributed by atoms with van der Waals surface area (Å²) >= 11 is 0. The minimum Gasteiger partial charge on any atom is -0.390 e. The lowest BCUT2D eigenvalue weighted by atomic mass is 10.2. The van der Waals surface area contributed by atoms with E-state index in [0.29, 0.717) is 19.6 Å². The molecule has 1 heterocycles. The lowest BCUT2D eigenvalue weighted by Crippen LogP contribution is -2.17. The van der Waals surface area contributed by atoms with Crippen molar-refractivity contribution in [3.63, 3.8) is 0 Å². The molecule has 5 heteroatoms. The van der Waals surface area contributed by atoms with Crippen molar-refractivity contribution in [3.05, 3.63) is 47.8 Å². The molecule has 0 aliphatic rings. The van der Waals surface area contributed by atoms with Crippen molar-refractivity contribution >= 4 is 0 Å². The first-order valence-corrected chi connectivity index (χ1v) is 5.88. The molecule has 1 N–H and O–H groups in total. The van der Waals surface area contributed by atoms with Gasteiger partial charge in [0.2, 0.25) is 0 Å². The number of hydrogen-bond acceptors (Lipinski definition) is 4. The van der Waals surface area contributed by atoms with Gasteiger partial charge in [0, 0.05) is 19.7 Å². The van der Waals surface area contributed by atoms with Gasteiger partial charge in [-0.3, -0.25) is 0 Å². The highest BCUT2D eigenvalue weighted by Gasteiger charge is 2.08. The highest BCUT2D eigenvalue weighted by atomic mass is 16.5. The molecule has 0 saturated carbocycles. The maximum atomic E-state index is 9.60. The predicted octanol–water partition coefficient (Wildman–Crippen LogP) is 0.876. The quantitative estimate of drug-likeness (QED) is 0.823. The number of aliphatic hydroxyl groups is 1. The van der Waals surface area contributed by atoms with Crippen LogP contribution >= 0.6 is 0 Å². The Balaban J connectivity index is 1.94. The summed E-state index contributed by atoms with van der Waals surface area (Å²) in [6.45, 7) is 1.000. The minimum atomic E-state index is -0.531. The number of rotatable bonds is 6. The smallest absolute Gasteiger partial charge is 0.0853 e. The summed E-state index contributed by atoms with van der Waals surface area (Å²) in [5, 5.41) is 17.7. The van der Waals surface area contributed by atoms with Gasteiger partial charge in [0.25, 0.3) is 0 Å². The molecule has 0 aliphatic carbocycles. The van der Waals surface area contributed by atoms with E-state index in [0.717, 1.165) is 5.69 Å². The Bertz CT molecular complexity index is 470. The van der Waals surface area contributed by atoms with Gasteiger partial charge in [-0.1, -0.05) is 35.5 Å². The maximum Gasteiger partial charge on any atom is 0.0853 e. The van der Waals surface area contributed by atoms with E-state index < -0.39 is 6.10 Å². The van der Waals surface area contributed by atoms with E-state index in [1.165, 1.54) is 5.56 Å². The Hall–Kier alpha value is -1.72. The molecule has 0 saturated heterocycles. The summed E-state index contributed by atoms with van der Waals surface area (Å²) in [5.74, 6) is 0. The molecule has 0 spiro atoms. The first-order valence-electron chi connectivity index (χ1n) is 5.88. The van der Waals surface area contributed by atoms with Crippen LogP contribution in [0.1, 0.15) is 11.3 Å². The van der Waals surface area contributed by atoms with Crippen LogP contribution in [0.2, 0.25) is 0 Å². The third kappa shape index (κ3) is 3.65. The fourth-order valence-corrected chi connectivity index (χ4v) is 1.77. The summed E-state index contributed by atoms with van der Waals surface area (Å²) < 4.78 is 6.64. The van der Waals surface area contributed by atoms with Crippen LogP contribution in [-0.2, 0) is 17.7 Å². The van der Waals surface area contributed by atoms with E-state index in [4.69, 9.17) is 4.74 Å². The summed E-state index contributed by atoms with van der Waals surface area (Å²) in [4.78, 5) is 0. The van der Waals surface area contributed by atoms with Gasteiger partial charge < -0.3 is 9.84 Å². The Labute approximate surface area is 106 Å². The number of hydrogen-bond donors (Lipinski definition) is 1. The van der Waals surface area contributed by atoms with Crippen LogP contribution in [0, 0.1) is 0 Å². The molecular weight excluding hydrogens is 230 g/mol. The second-order valence-electron chi connectivity index (χ2n) is 4.21. The van der Waals surface area contributed by atoms with Crippen molar-refractivity contribution in [1.82, 2.24) is 15.0 Å². The van der Waals surface area contributed by atoms with Gasteiger partial charge in [0.05, 0.1) is 24.9 Å². The molecule has 1 aromatic carbocycles. The molecule has 5 nitrogen and oxygen atoms in total. The van der Waals surface area contributed by atoms with Crippen molar-refractivity contribution in [2.45, 2.75) is 19.1 Å². The average Bonchev–Trinajstić information content (AvgIpc) is 2.78. The lowest BCUT2D eigenvalue weighted by Gasteiger charge is -2.05. The number of benzene rings is 1. The van der Waals surface area contributed by atoms with Crippen LogP contribution in [0.5, 0.6) is 0 Å². The third-order valence-corrected chi connectivity index (χ3v) is 2.58. The Morgan fingerprint density at radius 1 is 1.33 bits per heavy atom. The topological polar surface area (TPSA) is 60.2 Å². The molecule has 2 aromatic rings. The van der Waals surface area contributed by atoms with E-state index in [9.17, 15) is 5.11 Å². The highest BCUT2D eigenvalue weighted by Crippen LogP contribution is 2.04. The van der Waals surface area contributed by atoms with Gasteiger partial charge in [-0.25, -0.2) is 4.68 Å². The molecule has 1 aromatic heterocycles. The normalized spacial score (nSPS) is 12.6. The summed E-state index contributed by atoms with van der Waals surface area (Å²) in [6, 6.07) is 10.1. The van der Waals surface area contributed by atoms with Gasteiger partial charge in [-0.15, -0.1) is 5.10 Å². The third-order valence-electron chi connectivity index (χ3n) is 2.58. The molecule has 96 valence electrons. The van der Waals surface area contributed by atoms with Crippen LogP contribution in [0.4, 0.5) is 0 Å². The molecule has 0 bridgehead atoms. The lowest BCUT2D eigenvalue weighted by molar-refractivity contribution is 0.0644. The standard InChI is InChI=1S/C13H17N3O2/c1-18-10-13(17)7-12-9-16(15-14-12)8-11-5-3-2-4-6-11/h2-6,9,13,17H,7-8,10H2,1H3/t13-/m0/s1. The maximum absolute atomic E-state index is 9.60. The predicted molar refractivity (Wildman–Crippen MR) is 67.2 cm³/mol. The molecule has 0 amide bonds. The van der Waals surface area contributed by atoms with Gasteiger partial charge in [-0.2, -0.15) is 0 Å². The van der Waals surface area contributed by atoms with Crippen LogP contribution in [0.3, 0.4) is 0 Å². The van der Waals surface area contributed by atoms with Crippen molar-refractivity contribution < 1.29 is 9.84 Å². The number of ether oxygens (including phenoxy) is 1. The SMILES string of the molecule is COC[C@@H](O)Cc1cn(Cc2ccccc2)nn1. The van der Waals surface area contributed by atoms with Crippen LogP contribution < -0.4 is 0 Å². The molecule has 1 atom stereocenters. The number of methoxy groups -OCH3 is 1. The van der Waals surface area contributed by atoms with Crippen molar-refractivity contribution in [3.8, 4) is 0 Å². The fraction of sp³-hybridized carbons (Fsp3) is 0.385. The van der Waals surface area contributed by atoms with Crippen molar-refractivity contribution in [2.75, 3.05) is 13.7 Å². The zero-order chi connectivity index (χ0) is 12.8. The van der Waals surface area contributed by atoms with Crippen LogP contribution in [0.25, 0.3) is 0 Å². The second kappa shape index (κ2) is 6.28. The molecule has 18 heavy (non-hydrogen) atoms. The summed E-state index contributed by atoms with van der Waals surface area (Å²) in [5.41, 5.74) is 1.95. The molecule has 0 unspecified atom stereocenters. The summed E-state index contributed by atoms with van der Waals surface area (Å²) in [7, 11) is 1.56. The van der Waals surface area contributed by atoms with E-state index >= 15 is 0 Å². The first-order chi connectivity index (χ1) is 8.78. The van der Waals surface area contributed by atoms with Crippen molar-refractivity contribution in [1.29, 1.82) is 0 Å². The fourth-order valence-electron chi connectivity index (χ4n) is 1.77. The van der Waals surface area contributed by atoms with E-state index in [1.807, 2.05) is 36.5 Å². The minimum absolute atomic E-state index is 0.311. The average molecular weight is 247 g/mol. The van der Waals surface area contributed by atoms with E-state index in [1.54, 1.807) is 11.8 Å². The zero-order valence-corrected chi connectivity index (χ0v) is 10.4. The number of aromatic nitrogens is 3. The van der Waals surface area contributed by atoms with Crippen LogP contribution in [-0.4, -0.2) is 39.9 Å². The van der Waals surface area contributed by atoms with Gasteiger partial charge in [0.1, 0.15) is 0 Å². The largest absolute Gasteiger partial charge is 0.390 e.